The molecule has 3 heteroatoms. The van der Waals surface area contributed by atoms with E-state index in [9.17, 15) is 9.90 Å². The fourth-order valence-electron chi connectivity index (χ4n) is 2.69. The molecule has 2 atom stereocenters. The van der Waals surface area contributed by atoms with Gasteiger partial charge in [0.15, 0.2) is 0 Å². The molecule has 1 aliphatic rings. The zero-order valence-corrected chi connectivity index (χ0v) is 10.9. The first kappa shape index (κ1) is 14.0. The molecule has 0 aromatic carbocycles. The van der Waals surface area contributed by atoms with Crippen molar-refractivity contribution in [2.24, 2.45) is 11.3 Å². The van der Waals surface area contributed by atoms with Gasteiger partial charge < -0.3 is 9.84 Å². The van der Waals surface area contributed by atoms with Crippen molar-refractivity contribution in [1.29, 1.82) is 0 Å². The maximum absolute atomic E-state index is 11.6. The van der Waals surface area contributed by atoms with Crippen molar-refractivity contribution >= 4 is 5.97 Å². The number of rotatable bonds is 6. The normalized spacial score (nSPS) is 27.9. The zero-order chi connectivity index (χ0) is 12.9. The number of hydrogen-bond acceptors (Lipinski definition) is 2. The third kappa shape index (κ3) is 2.60. The van der Waals surface area contributed by atoms with Crippen LogP contribution in [0.5, 0.6) is 0 Å². The van der Waals surface area contributed by atoms with Gasteiger partial charge in [-0.3, -0.25) is 4.79 Å². The van der Waals surface area contributed by atoms with Gasteiger partial charge in [0.25, 0.3) is 0 Å². The predicted octanol–water partition coefficient (Wildman–Crippen LogP) is 3.03. The number of carboxylic acid groups (broad SMARTS) is 1. The summed E-state index contributed by atoms with van der Waals surface area (Å²) in [5.41, 5.74) is 0.465. The van der Waals surface area contributed by atoms with Crippen LogP contribution in [0.15, 0.2) is 23.8 Å². The molecule has 0 radical (unpaired) electrons. The topological polar surface area (TPSA) is 46.5 Å². The average Bonchev–Trinajstić information content (AvgIpc) is 2.35. The molecule has 0 aromatic rings. The summed E-state index contributed by atoms with van der Waals surface area (Å²) >= 11 is 0. The van der Waals surface area contributed by atoms with Crippen LogP contribution in [0.4, 0.5) is 0 Å². The van der Waals surface area contributed by atoms with Gasteiger partial charge in [-0.05, 0) is 19.3 Å². The van der Waals surface area contributed by atoms with Crippen LogP contribution in [-0.2, 0) is 9.53 Å². The first-order valence-electron chi connectivity index (χ1n) is 6.23. The van der Waals surface area contributed by atoms with E-state index in [0.29, 0.717) is 13.0 Å². The van der Waals surface area contributed by atoms with Crippen LogP contribution < -0.4 is 0 Å². The summed E-state index contributed by atoms with van der Waals surface area (Å²) < 4.78 is 5.11. The van der Waals surface area contributed by atoms with Gasteiger partial charge in [-0.15, -0.1) is 0 Å². The standard InChI is InChI=1S/C14H22O3/c1-4-11-7-6-9-14(5-2,13(15)16)12(11)8-10-17-3/h6-7,9,12H,4-5,8,10H2,1-3H3,(H,15,16). The number of carboxylic acids is 1. The van der Waals surface area contributed by atoms with Crippen LogP contribution >= 0.6 is 0 Å². The van der Waals surface area contributed by atoms with Gasteiger partial charge in [0.05, 0.1) is 5.41 Å². The summed E-state index contributed by atoms with van der Waals surface area (Å²) in [6, 6.07) is 0. The van der Waals surface area contributed by atoms with Gasteiger partial charge in [0.1, 0.15) is 0 Å². The summed E-state index contributed by atoms with van der Waals surface area (Å²) in [4.78, 5) is 11.6. The molecule has 1 N–H and O–H groups in total. The van der Waals surface area contributed by atoms with Gasteiger partial charge in [-0.25, -0.2) is 0 Å². The number of aliphatic carboxylic acids is 1. The lowest BCUT2D eigenvalue weighted by Crippen LogP contribution is -2.39. The van der Waals surface area contributed by atoms with E-state index in [1.165, 1.54) is 5.57 Å². The monoisotopic (exact) mass is 238 g/mol. The van der Waals surface area contributed by atoms with Crippen LogP contribution in [0.25, 0.3) is 0 Å². The van der Waals surface area contributed by atoms with E-state index in [-0.39, 0.29) is 5.92 Å². The fraction of sp³-hybridized carbons (Fsp3) is 0.643. The Morgan fingerprint density at radius 1 is 1.53 bits per heavy atom. The van der Waals surface area contributed by atoms with Crippen molar-refractivity contribution in [2.75, 3.05) is 13.7 Å². The number of ether oxygens (including phenoxy) is 1. The van der Waals surface area contributed by atoms with Gasteiger partial charge in [-0.1, -0.05) is 37.6 Å². The highest BCUT2D eigenvalue weighted by Crippen LogP contribution is 2.43. The van der Waals surface area contributed by atoms with Crippen molar-refractivity contribution in [3.8, 4) is 0 Å². The lowest BCUT2D eigenvalue weighted by atomic mass is 9.65. The molecular formula is C14H22O3. The molecule has 0 saturated heterocycles. The molecule has 0 aliphatic heterocycles. The van der Waals surface area contributed by atoms with Gasteiger partial charge in [-0.2, -0.15) is 0 Å². The summed E-state index contributed by atoms with van der Waals surface area (Å²) in [6.45, 7) is 4.62. The molecule has 0 aromatic heterocycles. The molecule has 0 bridgehead atoms. The largest absolute Gasteiger partial charge is 0.481 e. The van der Waals surface area contributed by atoms with Crippen molar-refractivity contribution < 1.29 is 14.6 Å². The maximum Gasteiger partial charge on any atom is 0.314 e. The highest BCUT2D eigenvalue weighted by molar-refractivity contribution is 5.78. The Morgan fingerprint density at radius 3 is 2.71 bits per heavy atom. The van der Waals surface area contributed by atoms with E-state index >= 15 is 0 Å². The lowest BCUT2D eigenvalue weighted by Gasteiger charge is -2.37. The summed E-state index contributed by atoms with van der Waals surface area (Å²) in [5, 5.41) is 9.55. The lowest BCUT2D eigenvalue weighted by molar-refractivity contribution is -0.149. The van der Waals surface area contributed by atoms with E-state index in [2.05, 4.69) is 13.0 Å². The zero-order valence-electron chi connectivity index (χ0n) is 10.9. The van der Waals surface area contributed by atoms with E-state index in [1.54, 1.807) is 7.11 Å². The average molecular weight is 238 g/mol. The summed E-state index contributed by atoms with van der Waals surface area (Å²) in [6.07, 6.45) is 8.06. The second-order valence-corrected chi connectivity index (χ2v) is 4.49. The fourth-order valence-corrected chi connectivity index (χ4v) is 2.69. The molecule has 96 valence electrons. The maximum atomic E-state index is 11.6. The Labute approximate surface area is 103 Å². The van der Waals surface area contributed by atoms with E-state index in [1.807, 2.05) is 19.1 Å². The summed E-state index contributed by atoms with van der Waals surface area (Å²) in [7, 11) is 1.66. The molecule has 1 rings (SSSR count). The Morgan fingerprint density at radius 2 is 2.24 bits per heavy atom. The molecule has 2 unspecified atom stereocenters. The van der Waals surface area contributed by atoms with Crippen molar-refractivity contribution in [1.82, 2.24) is 0 Å². The van der Waals surface area contributed by atoms with E-state index in [0.717, 1.165) is 12.8 Å². The van der Waals surface area contributed by atoms with E-state index in [4.69, 9.17) is 4.74 Å². The first-order valence-corrected chi connectivity index (χ1v) is 6.23. The predicted molar refractivity (Wildman–Crippen MR) is 67.9 cm³/mol. The Balaban J connectivity index is 3.05. The molecular weight excluding hydrogens is 216 g/mol. The van der Waals surface area contributed by atoms with Crippen molar-refractivity contribution in [2.45, 2.75) is 33.1 Å². The Bertz CT molecular complexity index is 330. The molecule has 3 nitrogen and oxygen atoms in total. The van der Waals surface area contributed by atoms with Crippen LogP contribution in [0.3, 0.4) is 0 Å². The second kappa shape index (κ2) is 6.01. The Kier molecular flexibility index (Phi) is 4.94. The molecule has 0 spiro atoms. The quantitative estimate of drug-likeness (QED) is 0.773. The van der Waals surface area contributed by atoms with Crippen LogP contribution in [0.2, 0.25) is 0 Å². The molecule has 17 heavy (non-hydrogen) atoms. The summed E-state index contributed by atoms with van der Waals surface area (Å²) in [5.74, 6) is -0.670. The highest BCUT2D eigenvalue weighted by Gasteiger charge is 2.44. The molecule has 0 heterocycles. The number of methoxy groups -OCH3 is 1. The van der Waals surface area contributed by atoms with Crippen LogP contribution in [0, 0.1) is 11.3 Å². The van der Waals surface area contributed by atoms with Gasteiger partial charge in [0, 0.05) is 19.6 Å². The van der Waals surface area contributed by atoms with E-state index < -0.39 is 11.4 Å². The second-order valence-electron chi connectivity index (χ2n) is 4.49. The van der Waals surface area contributed by atoms with Crippen LogP contribution in [0.1, 0.15) is 33.1 Å². The minimum Gasteiger partial charge on any atom is -0.481 e. The van der Waals surface area contributed by atoms with Crippen molar-refractivity contribution in [3.63, 3.8) is 0 Å². The minimum absolute atomic E-state index is 0.0555. The van der Waals surface area contributed by atoms with Crippen molar-refractivity contribution in [3.05, 3.63) is 23.8 Å². The van der Waals surface area contributed by atoms with Gasteiger partial charge >= 0.3 is 5.97 Å². The minimum atomic E-state index is -0.751. The molecule has 0 saturated carbocycles. The number of allylic oxidation sites excluding steroid dienone is 3. The van der Waals surface area contributed by atoms with Gasteiger partial charge in [0.2, 0.25) is 0 Å². The first-order chi connectivity index (χ1) is 8.12. The SMILES string of the molecule is CCC1=CC=CC(CC)(C(=O)O)C1CCOC. The highest BCUT2D eigenvalue weighted by atomic mass is 16.5. The third-order valence-corrected chi connectivity index (χ3v) is 3.78. The third-order valence-electron chi connectivity index (χ3n) is 3.78. The Hall–Kier alpha value is -1.09. The molecule has 0 amide bonds. The number of hydrogen-bond donors (Lipinski definition) is 1. The number of carbonyl (C=O) groups is 1. The molecule has 0 fully saturated rings. The molecule has 1 aliphatic carbocycles. The smallest absolute Gasteiger partial charge is 0.314 e. The van der Waals surface area contributed by atoms with Crippen LogP contribution in [-0.4, -0.2) is 24.8 Å².